The first-order valence-electron chi connectivity index (χ1n) is 5.96. The number of aliphatic hydroxyl groups is 1. The monoisotopic (exact) mass is 237 g/mol. The predicted molar refractivity (Wildman–Crippen MR) is 67.3 cm³/mol. The maximum atomic E-state index is 10.1. The Kier molecular flexibility index (Phi) is 3.81. The van der Waals surface area contributed by atoms with Crippen molar-refractivity contribution in [1.29, 1.82) is 0 Å². The van der Waals surface area contributed by atoms with Crippen molar-refractivity contribution in [1.82, 2.24) is 4.98 Å². The van der Waals surface area contributed by atoms with Crippen molar-refractivity contribution < 1.29 is 9.84 Å². The van der Waals surface area contributed by atoms with Crippen LogP contribution >= 0.6 is 0 Å². The molecule has 17 heavy (non-hydrogen) atoms. The smallest absolute Gasteiger partial charge is 0.127 e. The number of aromatic nitrogens is 1. The highest BCUT2D eigenvalue weighted by molar-refractivity contribution is 5.51. The highest BCUT2D eigenvalue weighted by atomic mass is 16.5. The fourth-order valence-electron chi connectivity index (χ4n) is 1.82. The predicted octanol–water partition coefficient (Wildman–Crippen LogP) is 1.08. The lowest BCUT2D eigenvalue weighted by atomic mass is 10.0. The average molecular weight is 237 g/mol. The Hall–Kier alpha value is -1.33. The number of anilines is 2. The molecule has 1 atom stereocenters. The fraction of sp³-hybridized carbons (Fsp3) is 0.583. The van der Waals surface area contributed by atoms with Gasteiger partial charge in [-0.15, -0.1) is 0 Å². The van der Waals surface area contributed by atoms with Gasteiger partial charge in [0.2, 0.25) is 0 Å². The second kappa shape index (κ2) is 5.33. The minimum atomic E-state index is -0.735. The third-order valence-corrected chi connectivity index (χ3v) is 2.82. The minimum Gasteiger partial charge on any atom is -0.386 e. The van der Waals surface area contributed by atoms with Crippen LogP contribution < -0.4 is 10.6 Å². The molecule has 5 heteroatoms. The molecule has 1 aliphatic heterocycles. The van der Waals surface area contributed by atoms with Gasteiger partial charge in [-0.2, -0.15) is 0 Å². The summed E-state index contributed by atoms with van der Waals surface area (Å²) in [6, 6.07) is 3.82. The molecule has 0 radical (unpaired) electrons. The van der Waals surface area contributed by atoms with Crippen LogP contribution in [0.15, 0.2) is 18.3 Å². The summed E-state index contributed by atoms with van der Waals surface area (Å²) in [7, 11) is 0. The molecule has 1 aromatic rings. The van der Waals surface area contributed by atoms with Gasteiger partial charge >= 0.3 is 0 Å². The molecular formula is C12H19N3O2. The Bertz CT molecular complexity index is 365. The molecule has 1 fully saturated rings. The van der Waals surface area contributed by atoms with Crippen LogP contribution in [0.4, 0.5) is 11.5 Å². The number of hydrogen-bond acceptors (Lipinski definition) is 5. The van der Waals surface area contributed by atoms with E-state index in [2.05, 4.69) is 15.6 Å². The maximum absolute atomic E-state index is 10.1. The topological polar surface area (TPSA) is 66.4 Å². The summed E-state index contributed by atoms with van der Waals surface area (Å²) in [6.45, 7) is 4.42. The molecule has 94 valence electrons. The molecule has 3 N–H and O–H groups in total. The van der Waals surface area contributed by atoms with Crippen LogP contribution in [0.3, 0.4) is 0 Å². The van der Waals surface area contributed by atoms with Gasteiger partial charge in [0.1, 0.15) is 11.4 Å². The number of rotatable bonds is 5. The summed E-state index contributed by atoms with van der Waals surface area (Å²) in [5.74, 6) is 0.840. The van der Waals surface area contributed by atoms with E-state index in [4.69, 9.17) is 4.74 Å². The van der Waals surface area contributed by atoms with Crippen LogP contribution in [-0.4, -0.2) is 42.0 Å². The van der Waals surface area contributed by atoms with Crippen molar-refractivity contribution in [2.24, 2.45) is 0 Å². The van der Waals surface area contributed by atoms with Crippen molar-refractivity contribution >= 4 is 11.5 Å². The van der Waals surface area contributed by atoms with E-state index in [1.165, 1.54) is 0 Å². The molecular weight excluding hydrogens is 218 g/mol. The largest absolute Gasteiger partial charge is 0.386 e. The maximum Gasteiger partial charge on any atom is 0.127 e. The summed E-state index contributed by atoms with van der Waals surface area (Å²) in [5, 5.41) is 16.5. The van der Waals surface area contributed by atoms with Gasteiger partial charge in [-0.1, -0.05) is 0 Å². The Balaban J connectivity index is 1.91. The lowest BCUT2D eigenvalue weighted by molar-refractivity contribution is 0.0382. The highest BCUT2D eigenvalue weighted by Gasteiger charge is 2.31. The first-order chi connectivity index (χ1) is 8.22. The van der Waals surface area contributed by atoms with Crippen LogP contribution in [0.2, 0.25) is 0 Å². The van der Waals surface area contributed by atoms with Gasteiger partial charge in [0.25, 0.3) is 0 Å². The van der Waals surface area contributed by atoms with E-state index in [0.29, 0.717) is 26.2 Å². The summed E-state index contributed by atoms with van der Waals surface area (Å²) in [6.07, 6.45) is 2.43. The zero-order valence-electron chi connectivity index (χ0n) is 10.1. The van der Waals surface area contributed by atoms with E-state index in [0.717, 1.165) is 18.1 Å². The van der Waals surface area contributed by atoms with Crippen LogP contribution in [0.25, 0.3) is 0 Å². The quantitative estimate of drug-likeness (QED) is 0.715. The molecule has 5 nitrogen and oxygen atoms in total. The van der Waals surface area contributed by atoms with Gasteiger partial charge in [0.15, 0.2) is 0 Å². The summed E-state index contributed by atoms with van der Waals surface area (Å²) in [5.41, 5.74) is 0.220. The van der Waals surface area contributed by atoms with Gasteiger partial charge in [-0.05, 0) is 13.0 Å². The first kappa shape index (κ1) is 12.1. The minimum absolute atomic E-state index is 0.408. The van der Waals surface area contributed by atoms with Crippen molar-refractivity contribution in [2.75, 3.05) is 36.9 Å². The number of hydrogen-bond donors (Lipinski definition) is 3. The third-order valence-electron chi connectivity index (χ3n) is 2.82. The zero-order chi connectivity index (χ0) is 12.1. The number of nitrogens with zero attached hydrogens (tertiary/aromatic N) is 1. The third kappa shape index (κ3) is 3.31. The van der Waals surface area contributed by atoms with Crippen LogP contribution in [0, 0.1) is 0 Å². The van der Waals surface area contributed by atoms with Gasteiger partial charge in [-0.3, -0.25) is 0 Å². The van der Waals surface area contributed by atoms with E-state index in [-0.39, 0.29) is 0 Å². The molecule has 1 unspecified atom stereocenters. The molecule has 0 spiro atoms. The molecule has 0 saturated carbocycles. The average Bonchev–Trinajstić information content (AvgIpc) is 2.76. The van der Waals surface area contributed by atoms with Gasteiger partial charge in [0, 0.05) is 44.1 Å². The molecule has 0 aliphatic carbocycles. The Morgan fingerprint density at radius 2 is 2.41 bits per heavy atom. The number of pyridine rings is 1. The summed E-state index contributed by atoms with van der Waals surface area (Å²) < 4.78 is 5.20. The van der Waals surface area contributed by atoms with Gasteiger partial charge < -0.3 is 20.5 Å². The Morgan fingerprint density at radius 1 is 1.53 bits per heavy atom. The number of ether oxygens (including phenoxy) is 1. The lowest BCUT2D eigenvalue weighted by Gasteiger charge is -2.21. The van der Waals surface area contributed by atoms with Crippen LogP contribution in [-0.2, 0) is 4.74 Å². The number of nitrogens with one attached hydrogen (secondary N) is 2. The highest BCUT2D eigenvalue weighted by Crippen LogP contribution is 2.20. The van der Waals surface area contributed by atoms with Crippen molar-refractivity contribution in [3.63, 3.8) is 0 Å². The van der Waals surface area contributed by atoms with Crippen molar-refractivity contribution in [3.05, 3.63) is 18.3 Å². The van der Waals surface area contributed by atoms with E-state index < -0.39 is 5.60 Å². The molecule has 2 rings (SSSR count). The SMILES string of the molecule is CCNc1cc(NCC2(O)CCOC2)ccn1. The Morgan fingerprint density at radius 3 is 3.12 bits per heavy atom. The standard InChI is InChI=1S/C12H19N3O2/c1-2-13-11-7-10(3-5-14-11)15-8-12(16)4-6-17-9-12/h3,5,7,16H,2,4,6,8-9H2,1H3,(H2,13,14,15). The molecule has 1 aromatic heterocycles. The molecule has 0 aromatic carbocycles. The van der Waals surface area contributed by atoms with Crippen LogP contribution in [0.1, 0.15) is 13.3 Å². The van der Waals surface area contributed by atoms with E-state index in [9.17, 15) is 5.11 Å². The lowest BCUT2D eigenvalue weighted by Crippen LogP contribution is -2.37. The van der Waals surface area contributed by atoms with Crippen molar-refractivity contribution in [2.45, 2.75) is 18.9 Å². The summed E-state index contributed by atoms with van der Waals surface area (Å²) >= 11 is 0. The summed E-state index contributed by atoms with van der Waals surface area (Å²) in [4.78, 5) is 4.19. The molecule has 0 bridgehead atoms. The molecule has 1 aliphatic rings. The zero-order valence-corrected chi connectivity index (χ0v) is 10.1. The van der Waals surface area contributed by atoms with E-state index in [1.54, 1.807) is 6.20 Å². The molecule has 0 amide bonds. The van der Waals surface area contributed by atoms with Gasteiger partial charge in [-0.25, -0.2) is 4.98 Å². The molecule has 2 heterocycles. The Labute approximate surface area is 101 Å². The van der Waals surface area contributed by atoms with Gasteiger partial charge in [0.05, 0.1) is 6.61 Å². The van der Waals surface area contributed by atoms with E-state index >= 15 is 0 Å². The van der Waals surface area contributed by atoms with E-state index in [1.807, 2.05) is 19.1 Å². The second-order valence-corrected chi connectivity index (χ2v) is 4.34. The fourth-order valence-corrected chi connectivity index (χ4v) is 1.82. The second-order valence-electron chi connectivity index (χ2n) is 4.34. The normalized spacial score (nSPS) is 23.6. The van der Waals surface area contributed by atoms with Crippen molar-refractivity contribution in [3.8, 4) is 0 Å². The first-order valence-corrected chi connectivity index (χ1v) is 5.96. The van der Waals surface area contributed by atoms with Crippen LogP contribution in [0.5, 0.6) is 0 Å². The molecule has 1 saturated heterocycles.